The Morgan fingerprint density at radius 2 is 2.18 bits per heavy atom. The summed E-state index contributed by atoms with van der Waals surface area (Å²) in [6.07, 6.45) is 2.28. The molecule has 0 saturated carbocycles. The van der Waals surface area contributed by atoms with Crippen molar-refractivity contribution in [2.45, 2.75) is 19.8 Å². The number of likely N-dealkylation sites (tertiary alicyclic amines) is 1. The Hall–Kier alpha value is -1.52. The lowest BCUT2D eigenvalue weighted by molar-refractivity contribution is 0.0746. The summed E-state index contributed by atoms with van der Waals surface area (Å²) in [4.78, 5) is 14.6. The Bertz CT molecular complexity index is 704. The molecule has 1 unspecified atom stereocenters. The van der Waals surface area contributed by atoms with Crippen LogP contribution in [0.1, 0.15) is 29.0 Å². The molecule has 2 fully saturated rings. The van der Waals surface area contributed by atoms with E-state index in [9.17, 15) is 4.79 Å². The van der Waals surface area contributed by atoms with E-state index in [2.05, 4.69) is 11.4 Å². The zero-order valence-corrected chi connectivity index (χ0v) is 13.5. The number of fused-ring (bicyclic) bond motifs is 1. The minimum absolute atomic E-state index is 0. The molecule has 2 aliphatic heterocycles. The molecule has 0 bridgehead atoms. The topological polar surface area (TPSA) is 45.5 Å². The number of amides is 1. The van der Waals surface area contributed by atoms with E-state index >= 15 is 0 Å². The second-order valence-electron chi connectivity index (χ2n) is 6.56. The molecule has 1 aromatic carbocycles. The van der Waals surface area contributed by atoms with Gasteiger partial charge in [0, 0.05) is 30.4 Å². The molecular formula is C17H21ClN2O2. The zero-order valence-electron chi connectivity index (χ0n) is 12.7. The van der Waals surface area contributed by atoms with Crippen molar-refractivity contribution in [3.8, 4) is 0 Å². The third-order valence-corrected chi connectivity index (χ3v) is 4.94. The number of hydrogen-bond donors (Lipinski definition) is 1. The molecule has 0 radical (unpaired) electrons. The van der Waals surface area contributed by atoms with Gasteiger partial charge in [0.1, 0.15) is 5.58 Å². The summed E-state index contributed by atoms with van der Waals surface area (Å²) >= 11 is 0. The predicted octanol–water partition coefficient (Wildman–Crippen LogP) is 2.99. The highest BCUT2D eigenvalue weighted by Crippen LogP contribution is 2.36. The first-order valence-corrected chi connectivity index (χ1v) is 7.66. The first-order valence-electron chi connectivity index (χ1n) is 7.66. The largest absolute Gasteiger partial charge is 0.451 e. The highest BCUT2D eigenvalue weighted by atomic mass is 35.5. The average molecular weight is 321 g/mol. The van der Waals surface area contributed by atoms with Crippen molar-refractivity contribution >= 4 is 29.3 Å². The number of nitrogens with one attached hydrogen (secondary N) is 1. The van der Waals surface area contributed by atoms with E-state index in [-0.39, 0.29) is 18.3 Å². The second kappa shape index (κ2) is 5.60. The van der Waals surface area contributed by atoms with Crippen molar-refractivity contribution in [2.24, 2.45) is 5.41 Å². The van der Waals surface area contributed by atoms with E-state index in [1.54, 1.807) is 0 Å². The number of rotatable bonds is 1. The Balaban J connectivity index is 0.00000144. The zero-order chi connectivity index (χ0) is 14.4. The Morgan fingerprint density at radius 3 is 2.95 bits per heavy atom. The molecular weight excluding hydrogens is 300 g/mol. The summed E-state index contributed by atoms with van der Waals surface area (Å²) in [5, 5.41) is 4.43. The maximum atomic E-state index is 12.7. The quantitative estimate of drug-likeness (QED) is 0.878. The summed E-state index contributed by atoms with van der Waals surface area (Å²) < 4.78 is 5.74. The summed E-state index contributed by atoms with van der Waals surface area (Å²) in [5.74, 6) is 0.506. The highest BCUT2D eigenvalue weighted by molar-refractivity contribution is 5.96. The van der Waals surface area contributed by atoms with Crippen molar-refractivity contribution in [3.63, 3.8) is 0 Å². The third-order valence-electron chi connectivity index (χ3n) is 4.94. The van der Waals surface area contributed by atoms with Gasteiger partial charge in [-0.25, -0.2) is 0 Å². The van der Waals surface area contributed by atoms with Crippen molar-refractivity contribution in [1.82, 2.24) is 10.2 Å². The van der Waals surface area contributed by atoms with Gasteiger partial charge in [0.05, 0.1) is 0 Å². The van der Waals surface area contributed by atoms with Crippen LogP contribution in [0.2, 0.25) is 0 Å². The second-order valence-corrected chi connectivity index (χ2v) is 6.56. The summed E-state index contributed by atoms with van der Waals surface area (Å²) in [6, 6.07) is 7.88. The molecule has 4 rings (SSSR count). The van der Waals surface area contributed by atoms with Gasteiger partial charge in [-0.15, -0.1) is 12.4 Å². The van der Waals surface area contributed by atoms with Gasteiger partial charge in [0.25, 0.3) is 5.91 Å². The number of carbonyl (C=O) groups excluding carboxylic acids is 1. The maximum absolute atomic E-state index is 12.7. The van der Waals surface area contributed by atoms with E-state index in [1.807, 2.05) is 30.0 Å². The fraction of sp³-hybridized carbons (Fsp3) is 0.471. The van der Waals surface area contributed by atoms with Crippen LogP contribution in [0.15, 0.2) is 28.7 Å². The van der Waals surface area contributed by atoms with E-state index in [0.717, 1.165) is 43.6 Å². The third kappa shape index (κ3) is 2.50. The lowest BCUT2D eigenvalue weighted by Crippen LogP contribution is -2.33. The number of aryl methyl sites for hydroxylation is 1. The maximum Gasteiger partial charge on any atom is 0.289 e. The van der Waals surface area contributed by atoms with Crippen molar-refractivity contribution < 1.29 is 9.21 Å². The number of carbonyl (C=O) groups is 1. The summed E-state index contributed by atoms with van der Waals surface area (Å²) in [6.45, 7) is 5.86. The van der Waals surface area contributed by atoms with Gasteiger partial charge in [-0.1, -0.05) is 11.6 Å². The van der Waals surface area contributed by atoms with Gasteiger partial charge >= 0.3 is 0 Å². The molecule has 22 heavy (non-hydrogen) atoms. The Labute approximate surface area is 136 Å². The number of nitrogens with zero attached hydrogens (tertiary/aromatic N) is 1. The highest BCUT2D eigenvalue weighted by Gasteiger charge is 2.42. The van der Waals surface area contributed by atoms with Gasteiger partial charge in [-0.2, -0.15) is 0 Å². The van der Waals surface area contributed by atoms with E-state index in [0.29, 0.717) is 11.2 Å². The molecule has 1 spiro atoms. The minimum Gasteiger partial charge on any atom is -0.451 e. The van der Waals surface area contributed by atoms with Crippen LogP contribution in [0.4, 0.5) is 0 Å². The lowest BCUT2D eigenvalue weighted by atomic mass is 9.87. The summed E-state index contributed by atoms with van der Waals surface area (Å²) in [7, 11) is 0. The van der Waals surface area contributed by atoms with Crippen molar-refractivity contribution in [3.05, 3.63) is 35.6 Å². The number of benzene rings is 1. The number of furan rings is 1. The molecule has 1 aromatic heterocycles. The molecule has 0 aliphatic carbocycles. The number of hydrogen-bond acceptors (Lipinski definition) is 3. The fourth-order valence-electron chi connectivity index (χ4n) is 3.68. The molecule has 2 aromatic rings. The molecule has 1 N–H and O–H groups in total. The molecule has 2 aliphatic rings. The van der Waals surface area contributed by atoms with Crippen LogP contribution in [0.5, 0.6) is 0 Å². The normalized spacial score (nSPS) is 24.1. The summed E-state index contributed by atoms with van der Waals surface area (Å²) in [5.41, 5.74) is 2.28. The smallest absolute Gasteiger partial charge is 0.289 e. The van der Waals surface area contributed by atoms with E-state index in [4.69, 9.17) is 4.42 Å². The van der Waals surface area contributed by atoms with Crippen LogP contribution in [0, 0.1) is 12.3 Å². The molecule has 118 valence electrons. The van der Waals surface area contributed by atoms with Crippen LogP contribution in [-0.4, -0.2) is 37.0 Å². The van der Waals surface area contributed by atoms with Gasteiger partial charge in [-0.3, -0.25) is 4.79 Å². The molecule has 1 atom stereocenters. The Kier molecular flexibility index (Phi) is 3.91. The van der Waals surface area contributed by atoms with Crippen LogP contribution < -0.4 is 5.32 Å². The predicted molar refractivity (Wildman–Crippen MR) is 88.6 cm³/mol. The van der Waals surface area contributed by atoms with Crippen LogP contribution in [0.3, 0.4) is 0 Å². The van der Waals surface area contributed by atoms with E-state index < -0.39 is 0 Å². The number of halogens is 1. The Morgan fingerprint density at radius 1 is 1.32 bits per heavy atom. The van der Waals surface area contributed by atoms with Gasteiger partial charge in [0.2, 0.25) is 0 Å². The molecule has 3 heterocycles. The van der Waals surface area contributed by atoms with Crippen molar-refractivity contribution in [2.75, 3.05) is 26.2 Å². The van der Waals surface area contributed by atoms with Crippen LogP contribution in [-0.2, 0) is 0 Å². The minimum atomic E-state index is 0. The molecule has 5 heteroatoms. The molecule has 4 nitrogen and oxygen atoms in total. The molecule has 1 amide bonds. The van der Waals surface area contributed by atoms with Crippen molar-refractivity contribution in [1.29, 1.82) is 0 Å². The van der Waals surface area contributed by atoms with Crippen LogP contribution in [0.25, 0.3) is 11.0 Å². The van der Waals surface area contributed by atoms with Gasteiger partial charge in [0.15, 0.2) is 5.76 Å². The van der Waals surface area contributed by atoms with Gasteiger partial charge < -0.3 is 14.6 Å². The van der Waals surface area contributed by atoms with Gasteiger partial charge in [-0.05, 0) is 44.5 Å². The standard InChI is InChI=1S/C17H20N2O2.ClH/c1-12-2-3-14-13(8-12)9-15(21-14)16(20)19-7-5-17(11-19)4-6-18-10-17;/h2-3,8-9,18H,4-7,10-11H2,1H3;1H. The molecule has 2 saturated heterocycles. The first kappa shape index (κ1) is 15.4. The first-order chi connectivity index (χ1) is 10.2. The SMILES string of the molecule is Cc1ccc2oc(C(=O)N3CCC4(CCNC4)C3)cc2c1.Cl. The van der Waals surface area contributed by atoms with E-state index in [1.165, 1.54) is 12.0 Å². The average Bonchev–Trinajstić information content (AvgIpc) is 3.19. The fourth-order valence-corrected chi connectivity index (χ4v) is 3.68. The van der Waals surface area contributed by atoms with Crippen LogP contribution >= 0.6 is 12.4 Å². The monoisotopic (exact) mass is 320 g/mol. The lowest BCUT2D eigenvalue weighted by Gasteiger charge is -2.22.